The summed E-state index contributed by atoms with van der Waals surface area (Å²) in [6.45, 7) is 7.94. The first-order chi connectivity index (χ1) is 17.3. The van der Waals surface area contributed by atoms with Crippen molar-refractivity contribution in [2.75, 3.05) is 39.3 Å². The van der Waals surface area contributed by atoms with Crippen molar-refractivity contribution in [1.29, 1.82) is 0 Å². The lowest BCUT2D eigenvalue weighted by Crippen LogP contribution is -2.30. The number of piperidine rings is 2. The van der Waals surface area contributed by atoms with Gasteiger partial charge in [-0.25, -0.2) is 0 Å². The number of likely N-dealkylation sites (tertiary alicyclic amines) is 2. The monoisotopic (exact) mass is 473 g/mol. The number of aryl methyl sites for hydroxylation is 2. The van der Waals surface area contributed by atoms with Gasteiger partial charge in [0.1, 0.15) is 0 Å². The molecule has 3 nitrogen and oxygen atoms in total. The fraction of sp³-hybridized carbons (Fsp3) is 0.625. The first kappa shape index (κ1) is 24.8. The maximum Gasteiger partial charge on any atom is 0.0465 e. The van der Waals surface area contributed by atoms with E-state index in [1.54, 1.807) is 0 Å². The summed E-state index contributed by atoms with van der Waals surface area (Å²) in [5.74, 6) is 0. The van der Waals surface area contributed by atoms with Crippen molar-refractivity contribution in [3.8, 4) is 0 Å². The normalized spacial score (nSPS) is 18.1. The van der Waals surface area contributed by atoms with Crippen molar-refractivity contribution in [2.45, 2.75) is 89.9 Å². The second-order valence-electron chi connectivity index (χ2n) is 11.3. The maximum atomic E-state index is 3.65. The van der Waals surface area contributed by atoms with Crippen molar-refractivity contribution < 1.29 is 0 Å². The van der Waals surface area contributed by atoms with E-state index in [0.29, 0.717) is 0 Å². The van der Waals surface area contributed by atoms with Gasteiger partial charge in [-0.05, 0) is 139 Å². The third-order valence-electron chi connectivity index (χ3n) is 8.50. The van der Waals surface area contributed by atoms with E-state index in [-0.39, 0.29) is 0 Å². The molecule has 1 aromatic heterocycles. The van der Waals surface area contributed by atoms with E-state index in [0.717, 1.165) is 0 Å². The molecule has 2 aliphatic rings. The molecule has 3 aromatic rings. The van der Waals surface area contributed by atoms with Crippen LogP contribution in [0.5, 0.6) is 0 Å². The molecule has 2 fully saturated rings. The molecular formula is C32H47N3. The van der Waals surface area contributed by atoms with Crippen LogP contribution in [-0.2, 0) is 12.8 Å². The number of unbranched alkanes of at least 4 members (excludes halogenated alkanes) is 4. The standard InChI is InChI=1S/C32H47N3/c1(7-19-34-21-9-3-10-22-34)5-13-27-15-17-31-29(25-27)30-26-28(16-18-32(30)33-31)14-6-2-8-20-35-23-11-4-12-24-35/h15-18,25-26,33H,1-14,19-24H2. The molecule has 0 radical (unpaired) electrons. The van der Waals surface area contributed by atoms with Crippen LogP contribution in [0.1, 0.15) is 88.2 Å². The molecule has 2 aliphatic heterocycles. The van der Waals surface area contributed by atoms with E-state index in [2.05, 4.69) is 51.2 Å². The van der Waals surface area contributed by atoms with E-state index in [1.165, 1.54) is 162 Å². The molecule has 3 heteroatoms. The van der Waals surface area contributed by atoms with Gasteiger partial charge in [0, 0.05) is 21.8 Å². The van der Waals surface area contributed by atoms with Gasteiger partial charge < -0.3 is 14.8 Å². The Morgan fingerprint density at radius 2 is 0.971 bits per heavy atom. The fourth-order valence-electron chi connectivity index (χ4n) is 6.35. The number of benzene rings is 2. The quantitative estimate of drug-likeness (QED) is 0.272. The predicted molar refractivity (Wildman–Crippen MR) is 151 cm³/mol. The Balaban J connectivity index is 1.10. The molecule has 35 heavy (non-hydrogen) atoms. The number of fused-ring (bicyclic) bond motifs is 3. The molecular weight excluding hydrogens is 426 g/mol. The third-order valence-corrected chi connectivity index (χ3v) is 8.50. The summed E-state index contributed by atoms with van der Waals surface area (Å²) >= 11 is 0. The first-order valence-electron chi connectivity index (χ1n) is 14.8. The Morgan fingerprint density at radius 3 is 1.43 bits per heavy atom. The highest BCUT2D eigenvalue weighted by Crippen LogP contribution is 2.28. The minimum atomic E-state index is 1.21. The average molecular weight is 474 g/mol. The van der Waals surface area contributed by atoms with Gasteiger partial charge in [0.25, 0.3) is 0 Å². The molecule has 1 N–H and O–H groups in total. The van der Waals surface area contributed by atoms with Crippen LogP contribution in [0, 0.1) is 0 Å². The van der Waals surface area contributed by atoms with E-state index < -0.39 is 0 Å². The van der Waals surface area contributed by atoms with Crippen molar-refractivity contribution in [1.82, 2.24) is 14.8 Å². The summed E-state index contributed by atoms with van der Waals surface area (Å²) in [6.07, 6.45) is 19.0. The van der Waals surface area contributed by atoms with Crippen LogP contribution in [0.4, 0.5) is 0 Å². The van der Waals surface area contributed by atoms with Crippen LogP contribution in [0.25, 0.3) is 21.8 Å². The SMILES string of the molecule is c1cc2[nH]c3ccc(CCCCCN4CCCCC4)cc3c2cc1CCCCCN1CCCCC1. The minimum absolute atomic E-state index is 1.21. The Kier molecular flexibility index (Phi) is 9.17. The molecule has 190 valence electrons. The molecule has 0 saturated carbocycles. The zero-order valence-electron chi connectivity index (χ0n) is 22.0. The number of nitrogens with zero attached hydrogens (tertiary/aromatic N) is 2. The molecule has 0 unspecified atom stereocenters. The van der Waals surface area contributed by atoms with Crippen LogP contribution in [0.3, 0.4) is 0 Å². The lowest BCUT2D eigenvalue weighted by Gasteiger charge is -2.26. The number of H-pyrrole nitrogens is 1. The number of aromatic nitrogens is 1. The molecule has 2 saturated heterocycles. The lowest BCUT2D eigenvalue weighted by atomic mass is 10.0. The molecule has 0 aliphatic carbocycles. The summed E-state index contributed by atoms with van der Waals surface area (Å²) in [7, 11) is 0. The molecule has 2 aromatic carbocycles. The summed E-state index contributed by atoms with van der Waals surface area (Å²) in [6, 6.07) is 14.2. The van der Waals surface area contributed by atoms with E-state index in [4.69, 9.17) is 0 Å². The number of rotatable bonds is 12. The van der Waals surface area contributed by atoms with Gasteiger partial charge in [-0.15, -0.1) is 0 Å². The highest BCUT2D eigenvalue weighted by atomic mass is 15.1. The molecule has 5 rings (SSSR count). The Bertz CT molecular complexity index is 957. The smallest absolute Gasteiger partial charge is 0.0465 e. The Hall–Kier alpha value is -1.84. The van der Waals surface area contributed by atoms with E-state index in [1.807, 2.05) is 0 Å². The zero-order valence-corrected chi connectivity index (χ0v) is 22.0. The van der Waals surface area contributed by atoms with Crippen molar-refractivity contribution >= 4 is 21.8 Å². The topological polar surface area (TPSA) is 22.3 Å². The van der Waals surface area contributed by atoms with E-state index in [9.17, 15) is 0 Å². The van der Waals surface area contributed by atoms with Gasteiger partial charge in [-0.2, -0.15) is 0 Å². The molecule has 0 bridgehead atoms. The van der Waals surface area contributed by atoms with Crippen LogP contribution >= 0.6 is 0 Å². The van der Waals surface area contributed by atoms with Gasteiger partial charge in [0.15, 0.2) is 0 Å². The zero-order chi connectivity index (χ0) is 23.7. The molecule has 0 spiro atoms. The molecule has 0 atom stereocenters. The summed E-state index contributed by atoms with van der Waals surface area (Å²) in [4.78, 5) is 9.00. The predicted octanol–water partition coefficient (Wildman–Crippen LogP) is 7.72. The maximum absolute atomic E-state index is 3.65. The Morgan fingerprint density at radius 1 is 0.514 bits per heavy atom. The first-order valence-corrected chi connectivity index (χ1v) is 14.8. The summed E-state index contributed by atoms with van der Waals surface area (Å²) in [5, 5.41) is 2.83. The van der Waals surface area contributed by atoms with E-state index >= 15 is 0 Å². The number of aromatic amines is 1. The van der Waals surface area contributed by atoms with Crippen LogP contribution in [-0.4, -0.2) is 54.1 Å². The third kappa shape index (κ3) is 7.11. The average Bonchev–Trinajstić information content (AvgIpc) is 3.27. The number of hydrogen-bond acceptors (Lipinski definition) is 2. The van der Waals surface area contributed by atoms with Crippen LogP contribution in [0.2, 0.25) is 0 Å². The van der Waals surface area contributed by atoms with Gasteiger partial charge in [-0.1, -0.05) is 37.8 Å². The summed E-state index contributed by atoms with van der Waals surface area (Å²) in [5.41, 5.74) is 5.57. The lowest BCUT2D eigenvalue weighted by molar-refractivity contribution is 0.224. The summed E-state index contributed by atoms with van der Waals surface area (Å²) < 4.78 is 0. The van der Waals surface area contributed by atoms with Gasteiger partial charge >= 0.3 is 0 Å². The number of nitrogens with one attached hydrogen (secondary N) is 1. The fourth-order valence-corrected chi connectivity index (χ4v) is 6.35. The van der Waals surface area contributed by atoms with Crippen molar-refractivity contribution in [3.05, 3.63) is 47.5 Å². The Labute approximate surface area is 213 Å². The van der Waals surface area contributed by atoms with Gasteiger partial charge in [0.05, 0.1) is 0 Å². The van der Waals surface area contributed by atoms with Crippen molar-refractivity contribution in [2.24, 2.45) is 0 Å². The van der Waals surface area contributed by atoms with Crippen LogP contribution < -0.4 is 0 Å². The molecule has 3 heterocycles. The molecule has 0 amide bonds. The van der Waals surface area contributed by atoms with Crippen molar-refractivity contribution in [3.63, 3.8) is 0 Å². The highest BCUT2D eigenvalue weighted by molar-refractivity contribution is 6.07. The number of hydrogen-bond donors (Lipinski definition) is 1. The highest BCUT2D eigenvalue weighted by Gasteiger charge is 2.11. The van der Waals surface area contributed by atoms with Gasteiger partial charge in [0.2, 0.25) is 0 Å². The second kappa shape index (κ2) is 12.9. The largest absolute Gasteiger partial charge is 0.355 e. The minimum Gasteiger partial charge on any atom is -0.355 e. The van der Waals surface area contributed by atoms with Crippen LogP contribution in [0.15, 0.2) is 36.4 Å². The second-order valence-corrected chi connectivity index (χ2v) is 11.3. The van der Waals surface area contributed by atoms with Gasteiger partial charge in [-0.3, -0.25) is 0 Å².